The van der Waals surface area contributed by atoms with Gasteiger partial charge in [-0.05, 0) is 64.2 Å². The number of alkyl halides is 1. The lowest BCUT2D eigenvalue weighted by Crippen LogP contribution is -2.02. The Labute approximate surface area is 142 Å². The van der Waals surface area contributed by atoms with Crippen molar-refractivity contribution in [1.29, 1.82) is 0 Å². The van der Waals surface area contributed by atoms with Crippen LogP contribution in [0.1, 0.15) is 22.3 Å². The molecule has 0 saturated carbocycles. The van der Waals surface area contributed by atoms with E-state index in [1.807, 2.05) is 12.1 Å². The molecule has 0 atom stereocenters. The van der Waals surface area contributed by atoms with Gasteiger partial charge in [-0.2, -0.15) is 0 Å². The molecule has 0 spiro atoms. The van der Waals surface area contributed by atoms with Gasteiger partial charge in [0, 0.05) is 5.33 Å². The molecule has 0 heterocycles. The SMILES string of the molecule is COc1cc(CBr)cc(Br)c1OCc1c(C)cccc1C. The van der Waals surface area contributed by atoms with E-state index in [0.29, 0.717) is 6.61 Å². The fraction of sp³-hybridized carbons (Fsp3) is 0.294. The van der Waals surface area contributed by atoms with Gasteiger partial charge in [0.25, 0.3) is 0 Å². The highest BCUT2D eigenvalue weighted by Gasteiger charge is 2.12. The van der Waals surface area contributed by atoms with Crippen LogP contribution in [-0.4, -0.2) is 7.11 Å². The number of benzene rings is 2. The number of hydrogen-bond acceptors (Lipinski definition) is 2. The second kappa shape index (κ2) is 7.32. The summed E-state index contributed by atoms with van der Waals surface area (Å²) in [7, 11) is 1.66. The Hall–Kier alpha value is -1.00. The molecule has 0 saturated heterocycles. The molecule has 0 aliphatic rings. The molecular formula is C17H18Br2O2. The standard InChI is InChI=1S/C17H18Br2O2/c1-11-5-4-6-12(2)14(11)10-21-17-15(19)7-13(9-18)8-16(17)20-3/h4-8H,9-10H2,1-3H3. The van der Waals surface area contributed by atoms with Crippen LogP contribution >= 0.6 is 31.9 Å². The van der Waals surface area contributed by atoms with Gasteiger partial charge >= 0.3 is 0 Å². The van der Waals surface area contributed by atoms with Crippen molar-refractivity contribution < 1.29 is 9.47 Å². The molecule has 2 nitrogen and oxygen atoms in total. The van der Waals surface area contributed by atoms with Crippen molar-refractivity contribution >= 4 is 31.9 Å². The molecule has 0 unspecified atom stereocenters. The number of methoxy groups -OCH3 is 1. The minimum atomic E-state index is 0.529. The highest BCUT2D eigenvalue weighted by atomic mass is 79.9. The maximum atomic E-state index is 6.02. The molecule has 2 aromatic rings. The average molecular weight is 414 g/mol. The first-order valence-electron chi connectivity index (χ1n) is 6.67. The average Bonchev–Trinajstić information content (AvgIpc) is 2.47. The van der Waals surface area contributed by atoms with Crippen LogP contribution in [-0.2, 0) is 11.9 Å². The van der Waals surface area contributed by atoms with Crippen molar-refractivity contribution in [2.45, 2.75) is 25.8 Å². The zero-order valence-corrected chi connectivity index (χ0v) is 15.5. The van der Waals surface area contributed by atoms with Gasteiger partial charge in [-0.25, -0.2) is 0 Å². The van der Waals surface area contributed by atoms with Crippen LogP contribution in [0, 0.1) is 13.8 Å². The summed E-state index contributed by atoms with van der Waals surface area (Å²) < 4.78 is 12.4. The molecule has 0 aromatic heterocycles. The van der Waals surface area contributed by atoms with Crippen LogP contribution in [0.15, 0.2) is 34.8 Å². The Morgan fingerprint density at radius 1 is 1.10 bits per heavy atom. The van der Waals surface area contributed by atoms with E-state index in [1.54, 1.807) is 7.11 Å². The molecule has 2 aromatic carbocycles. The Morgan fingerprint density at radius 3 is 2.33 bits per heavy atom. The normalized spacial score (nSPS) is 10.5. The molecule has 112 valence electrons. The number of hydrogen-bond donors (Lipinski definition) is 0. The number of rotatable bonds is 5. The molecule has 0 N–H and O–H groups in total. The summed E-state index contributed by atoms with van der Waals surface area (Å²) in [4.78, 5) is 0. The lowest BCUT2D eigenvalue weighted by atomic mass is 10.0. The van der Waals surface area contributed by atoms with E-state index in [-0.39, 0.29) is 0 Å². The molecule has 0 amide bonds. The Kier molecular flexibility index (Phi) is 5.71. The second-order valence-electron chi connectivity index (χ2n) is 4.90. The summed E-state index contributed by atoms with van der Waals surface area (Å²) in [6, 6.07) is 10.3. The maximum Gasteiger partial charge on any atom is 0.175 e. The molecule has 4 heteroatoms. The molecule has 2 rings (SSSR count). The van der Waals surface area contributed by atoms with Crippen LogP contribution < -0.4 is 9.47 Å². The first-order valence-corrected chi connectivity index (χ1v) is 8.58. The predicted octanol–water partition coefficient (Wildman–Crippen LogP) is 5.55. The molecule has 0 fully saturated rings. The zero-order valence-electron chi connectivity index (χ0n) is 12.4. The van der Waals surface area contributed by atoms with E-state index in [0.717, 1.165) is 26.9 Å². The fourth-order valence-corrected chi connectivity index (χ4v) is 3.14. The molecule has 0 aliphatic heterocycles. The van der Waals surface area contributed by atoms with E-state index >= 15 is 0 Å². The highest BCUT2D eigenvalue weighted by molar-refractivity contribution is 9.10. The van der Waals surface area contributed by atoms with Crippen LogP contribution in [0.5, 0.6) is 11.5 Å². The molecule has 21 heavy (non-hydrogen) atoms. The topological polar surface area (TPSA) is 18.5 Å². The van der Waals surface area contributed by atoms with Crippen molar-refractivity contribution in [3.8, 4) is 11.5 Å². The van der Waals surface area contributed by atoms with Crippen molar-refractivity contribution in [2.75, 3.05) is 7.11 Å². The smallest absolute Gasteiger partial charge is 0.175 e. The summed E-state index contributed by atoms with van der Waals surface area (Å²) in [6.45, 7) is 4.74. The number of ether oxygens (including phenoxy) is 2. The third kappa shape index (κ3) is 3.80. The van der Waals surface area contributed by atoms with Gasteiger partial charge in [-0.15, -0.1) is 0 Å². The number of aryl methyl sites for hydroxylation is 2. The van der Waals surface area contributed by atoms with Gasteiger partial charge in [0.05, 0.1) is 11.6 Å². The molecular weight excluding hydrogens is 396 g/mol. The lowest BCUT2D eigenvalue weighted by molar-refractivity contribution is 0.281. The summed E-state index contributed by atoms with van der Waals surface area (Å²) in [5.41, 5.74) is 4.83. The van der Waals surface area contributed by atoms with Crippen LogP contribution in [0.25, 0.3) is 0 Å². The molecule has 0 bridgehead atoms. The summed E-state index contributed by atoms with van der Waals surface area (Å²) in [5.74, 6) is 1.48. The van der Waals surface area contributed by atoms with Gasteiger partial charge in [-0.3, -0.25) is 0 Å². The van der Waals surface area contributed by atoms with Crippen molar-refractivity contribution in [2.24, 2.45) is 0 Å². The van der Waals surface area contributed by atoms with Gasteiger partial charge in [-0.1, -0.05) is 34.1 Å². The van der Waals surface area contributed by atoms with E-state index in [2.05, 4.69) is 63.9 Å². The minimum absolute atomic E-state index is 0.529. The van der Waals surface area contributed by atoms with Crippen molar-refractivity contribution in [3.05, 3.63) is 57.1 Å². The first kappa shape index (κ1) is 16.4. The van der Waals surface area contributed by atoms with E-state index in [4.69, 9.17) is 9.47 Å². The minimum Gasteiger partial charge on any atom is -0.493 e. The van der Waals surface area contributed by atoms with Crippen molar-refractivity contribution in [1.82, 2.24) is 0 Å². The monoisotopic (exact) mass is 412 g/mol. The fourth-order valence-electron chi connectivity index (χ4n) is 2.21. The molecule has 0 radical (unpaired) electrons. The highest BCUT2D eigenvalue weighted by Crippen LogP contribution is 2.38. The third-order valence-electron chi connectivity index (χ3n) is 3.45. The van der Waals surface area contributed by atoms with Gasteiger partial charge in [0.2, 0.25) is 0 Å². The van der Waals surface area contributed by atoms with Crippen LogP contribution in [0.2, 0.25) is 0 Å². The Balaban J connectivity index is 2.28. The summed E-state index contributed by atoms with van der Waals surface area (Å²) in [5, 5.41) is 0.777. The third-order valence-corrected chi connectivity index (χ3v) is 4.69. The van der Waals surface area contributed by atoms with E-state index in [9.17, 15) is 0 Å². The first-order chi connectivity index (χ1) is 10.1. The molecule has 0 aliphatic carbocycles. The van der Waals surface area contributed by atoms with E-state index < -0.39 is 0 Å². The number of halogens is 2. The van der Waals surface area contributed by atoms with Gasteiger partial charge < -0.3 is 9.47 Å². The Bertz CT molecular complexity index is 619. The van der Waals surface area contributed by atoms with E-state index in [1.165, 1.54) is 16.7 Å². The predicted molar refractivity (Wildman–Crippen MR) is 93.6 cm³/mol. The largest absolute Gasteiger partial charge is 0.493 e. The second-order valence-corrected chi connectivity index (χ2v) is 6.32. The lowest BCUT2D eigenvalue weighted by Gasteiger charge is -2.16. The van der Waals surface area contributed by atoms with Crippen LogP contribution in [0.3, 0.4) is 0 Å². The van der Waals surface area contributed by atoms with Crippen LogP contribution in [0.4, 0.5) is 0 Å². The Morgan fingerprint density at radius 2 is 1.76 bits per heavy atom. The van der Waals surface area contributed by atoms with Gasteiger partial charge in [0.15, 0.2) is 11.5 Å². The quantitative estimate of drug-likeness (QED) is 0.598. The zero-order chi connectivity index (χ0) is 15.4. The maximum absolute atomic E-state index is 6.02. The summed E-state index contributed by atoms with van der Waals surface area (Å²) in [6.07, 6.45) is 0. The summed E-state index contributed by atoms with van der Waals surface area (Å²) >= 11 is 7.02. The van der Waals surface area contributed by atoms with Gasteiger partial charge in [0.1, 0.15) is 6.61 Å². The van der Waals surface area contributed by atoms with Crippen molar-refractivity contribution in [3.63, 3.8) is 0 Å².